The molecule has 0 aliphatic heterocycles. The number of rotatable bonds is 2. The van der Waals surface area contributed by atoms with E-state index in [0.29, 0.717) is 38.0 Å². The van der Waals surface area contributed by atoms with Crippen LogP contribution in [0.3, 0.4) is 0 Å². The van der Waals surface area contributed by atoms with Gasteiger partial charge in [-0.25, -0.2) is 0 Å². The average Bonchev–Trinajstić information content (AvgIpc) is 3.34. The third kappa shape index (κ3) is 3.29. The minimum Gasteiger partial charge on any atom is -0.481 e. The number of aliphatic carboxylic acids is 1. The Morgan fingerprint density at radius 2 is 1.73 bits per heavy atom. The van der Waals surface area contributed by atoms with Crippen LogP contribution in [0.15, 0.2) is 27.7 Å². The van der Waals surface area contributed by atoms with Crippen LogP contribution in [0, 0.1) is 63.1 Å². The van der Waals surface area contributed by atoms with E-state index in [1.165, 1.54) is 0 Å². The fourth-order valence-electron chi connectivity index (χ4n) is 10.5. The van der Waals surface area contributed by atoms with E-state index in [-0.39, 0.29) is 40.3 Å². The summed E-state index contributed by atoms with van der Waals surface area (Å²) in [6.45, 7) is 14.4. The van der Waals surface area contributed by atoms with Crippen LogP contribution >= 0.6 is 0 Å². The zero-order chi connectivity index (χ0) is 30.0. The van der Waals surface area contributed by atoms with E-state index < -0.39 is 39.0 Å². The van der Waals surface area contributed by atoms with Crippen molar-refractivity contribution in [1.29, 1.82) is 5.26 Å². The molecule has 0 aromatic carbocycles. The smallest absolute Gasteiger partial charge is 0.309 e. The van der Waals surface area contributed by atoms with Gasteiger partial charge in [-0.05, 0) is 86.0 Å². The first-order valence-electron chi connectivity index (χ1n) is 15.0. The second kappa shape index (κ2) is 8.26. The Labute approximate surface area is 241 Å². The molecule has 41 heavy (non-hydrogen) atoms. The van der Waals surface area contributed by atoms with Crippen molar-refractivity contribution in [2.75, 3.05) is 0 Å². The second-order valence-electron chi connectivity index (χ2n) is 15.3. The molecule has 3 fully saturated rings. The monoisotopic (exact) mass is 559 g/mol. The molecule has 218 valence electrons. The highest BCUT2D eigenvalue weighted by Gasteiger charge is 2.72. The molecule has 1 aromatic rings. The lowest BCUT2D eigenvalue weighted by Gasteiger charge is -2.68. The number of carbonyl (C=O) groups excluding carboxylic acids is 2. The molecule has 0 amide bonds. The number of hydrogen-bond donors (Lipinski definition) is 1. The van der Waals surface area contributed by atoms with Gasteiger partial charge >= 0.3 is 5.97 Å². The van der Waals surface area contributed by atoms with Crippen molar-refractivity contribution in [3.63, 3.8) is 0 Å². The molecular weight excluding hydrogens is 518 g/mol. The van der Waals surface area contributed by atoms with E-state index in [1.807, 2.05) is 0 Å². The van der Waals surface area contributed by atoms with E-state index in [2.05, 4.69) is 50.9 Å². The SMILES string of the molecule is Cc1nnc([C@]2(C)C(=O)C(C#N)=C[C@]3(C)C4=CC(=O)[C@@H]5[C@@H]6CC(C)(C)CC[C@]6(C(=O)O)CC[C@@]5(C)[C@]4(C)CC[C@@H]23)o1. The summed E-state index contributed by atoms with van der Waals surface area (Å²) in [5.74, 6) is -1.45. The molecule has 8 nitrogen and oxygen atoms in total. The molecule has 0 bridgehead atoms. The summed E-state index contributed by atoms with van der Waals surface area (Å²) in [4.78, 5) is 41.2. The number of carboxylic acids is 1. The summed E-state index contributed by atoms with van der Waals surface area (Å²) in [6, 6.07) is 2.14. The van der Waals surface area contributed by atoms with Crippen LogP contribution in [0.4, 0.5) is 0 Å². The maximum atomic E-state index is 14.5. The maximum absolute atomic E-state index is 14.5. The first-order valence-corrected chi connectivity index (χ1v) is 15.0. The topological polar surface area (TPSA) is 134 Å². The molecule has 8 atom stereocenters. The van der Waals surface area contributed by atoms with Crippen molar-refractivity contribution in [1.82, 2.24) is 10.2 Å². The van der Waals surface area contributed by atoms with Crippen molar-refractivity contribution in [2.45, 2.75) is 98.8 Å². The fourth-order valence-corrected chi connectivity index (χ4v) is 10.5. The van der Waals surface area contributed by atoms with Gasteiger partial charge in [-0.15, -0.1) is 10.2 Å². The molecule has 5 aliphatic carbocycles. The number of aromatic nitrogens is 2. The van der Waals surface area contributed by atoms with Crippen molar-refractivity contribution < 1.29 is 23.9 Å². The summed E-state index contributed by atoms with van der Waals surface area (Å²) in [6.07, 6.45) is 8.35. The van der Waals surface area contributed by atoms with E-state index in [1.54, 1.807) is 26.0 Å². The van der Waals surface area contributed by atoms with Crippen molar-refractivity contribution >= 4 is 17.5 Å². The van der Waals surface area contributed by atoms with Crippen LogP contribution in [0.25, 0.3) is 0 Å². The van der Waals surface area contributed by atoms with E-state index >= 15 is 0 Å². The Morgan fingerprint density at radius 3 is 2.34 bits per heavy atom. The molecule has 1 N–H and O–H groups in total. The average molecular weight is 560 g/mol. The number of ketones is 2. The minimum absolute atomic E-state index is 0.00554. The quantitative estimate of drug-likeness (QED) is 0.472. The first kappa shape index (κ1) is 28.1. The zero-order valence-electron chi connectivity index (χ0n) is 25.3. The van der Waals surface area contributed by atoms with Crippen LogP contribution in [-0.2, 0) is 19.8 Å². The van der Waals surface area contributed by atoms with Crippen LogP contribution in [0.5, 0.6) is 0 Å². The Balaban J connectivity index is 1.55. The Hall–Kier alpha value is -3.08. The number of Topliss-reactive ketones (excluding diaryl/α,β-unsaturated/α-hetero) is 1. The zero-order valence-corrected chi connectivity index (χ0v) is 25.3. The Bertz CT molecular complexity index is 1500. The number of allylic oxidation sites excluding steroid dienone is 4. The number of hydrogen-bond acceptors (Lipinski definition) is 7. The van der Waals surface area contributed by atoms with Crippen LogP contribution in [0.1, 0.15) is 98.3 Å². The van der Waals surface area contributed by atoms with Gasteiger partial charge in [0.1, 0.15) is 11.5 Å². The summed E-state index contributed by atoms with van der Waals surface area (Å²) >= 11 is 0. The van der Waals surface area contributed by atoms with Gasteiger partial charge in [0.25, 0.3) is 0 Å². The maximum Gasteiger partial charge on any atom is 0.309 e. The number of carboxylic acid groups (broad SMARTS) is 1. The summed E-state index contributed by atoms with van der Waals surface area (Å²) < 4.78 is 5.86. The first-order chi connectivity index (χ1) is 19.0. The van der Waals surface area contributed by atoms with Crippen molar-refractivity contribution in [3.8, 4) is 6.07 Å². The molecule has 1 heterocycles. The highest BCUT2D eigenvalue weighted by atomic mass is 16.4. The number of fused-ring (bicyclic) bond motifs is 7. The van der Waals surface area contributed by atoms with E-state index in [9.17, 15) is 24.8 Å². The number of aryl methyl sites for hydroxylation is 1. The third-order valence-electron chi connectivity index (χ3n) is 13.0. The summed E-state index contributed by atoms with van der Waals surface area (Å²) in [7, 11) is 0. The normalized spacial score (nSPS) is 44.8. The molecule has 0 radical (unpaired) electrons. The summed E-state index contributed by atoms with van der Waals surface area (Å²) in [5, 5.41) is 29.0. The molecule has 0 unspecified atom stereocenters. The van der Waals surface area contributed by atoms with Gasteiger partial charge in [-0.2, -0.15) is 5.26 Å². The van der Waals surface area contributed by atoms with Crippen molar-refractivity contribution in [2.24, 2.45) is 44.8 Å². The fraction of sp³-hybridized carbons (Fsp3) is 0.697. The molecule has 1 aromatic heterocycles. The van der Waals surface area contributed by atoms with Gasteiger partial charge < -0.3 is 9.52 Å². The number of carbonyl (C=O) groups is 3. The van der Waals surface area contributed by atoms with Crippen LogP contribution < -0.4 is 0 Å². The highest BCUT2D eigenvalue weighted by molar-refractivity contribution is 6.07. The van der Waals surface area contributed by atoms with Crippen molar-refractivity contribution in [3.05, 3.63) is 35.1 Å². The standard InChI is InChI=1S/C33H41N3O5/c1-18-35-36-26(41-18)32(7)22-8-9-30(5)23(29(22,4)15-19(17-34)25(32)38)14-21(37)24-20-16-28(2,3)10-12-33(20,27(39)40)13-11-31(24,30)6/h14-15,20,22,24H,8-13,16H2,1-7H3,(H,39,40)/t20-,22+,24-,29-,30+,31+,32-,33-/m0/s1. The lowest BCUT2D eigenvalue weighted by molar-refractivity contribution is -0.188. The predicted octanol–water partition coefficient (Wildman–Crippen LogP) is 5.91. The van der Waals surface area contributed by atoms with E-state index in [4.69, 9.17) is 4.42 Å². The van der Waals surface area contributed by atoms with Gasteiger partial charge in [0, 0.05) is 18.3 Å². The van der Waals surface area contributed by atoms with E-state index in [0.717, 1.165) is 18.4 Å². The molecule has 5 aliphatic rings. The second-order valence-corrected chi connectivity index (χ2v) is 15.3. The largest absolute Gasteiger partial charge is 0.481 e. The lowest BCUT2D eigenvalue weighted by Crippen LogP contribution is -2.66. The molecule has 0 spiro atoms. The van der Waals surface area contributed by atoms with Gasteiger partial charge in [-0.1, -0.05) is 46.3 Å². The minimum atomic E-state index is -1.21. The molecular formula is C33H41N3O5. The molecule has 8 heteroatoms. The third-order valence-corrected chi connectivity index (χ3v) is 13.0. The lowest BCUT2D eigenvalue weighted by atomic mass is 9.34. The number of nitrogens with zero attached hydrogens (tertiary/aromatic N) is 3. The number of nitriles is 1. The molecule has 3 saturated carbocycles. The van der Waals surface area contributed by atoms with Gasteiger partial charge in [0.15, 0.2) is 11.6 Å². The van der Waals surface area contributed by atoms with Gasteiger partial charge in [0.05, 0.1) is 11.0 Å². The Morgan fingerprint density at radius 1 is 1.05 bits per heavy atom. The van der Waals surface area contributed by atoms with Crippen LogP contribution in [0.2, 0.25) is 0 Å². The Kier molecular flexibility index (Phi) is 5.66. The van der Waals surface area contributed by atoms with Crippen LogP contribution in [-0.4, -0.2) is 32.8 Å². The molecule has 0 saturated heterocycles. The summed E-state index contributed by atoms with van der Waals surface area (Å²) in [5.41, 5.74) is -2.78. The highest BCUT2D eigenvalue weighted by Crippen LogP contribution is 2.74. The predicted molar refractivity (Wildman–Crippen MR) is 149 cm³/mol. The molecule has 6 rings (SSSR count). The van der Waals surface area contributed by atoms with Gasteiger partial charge in [0.2, 0.25) is 11.8 Å². The van der Waals surface area contributed by atoms with Gasteiger partial charge in [-0.3, -0.25) is 14.4 Å².